The highest BCUT2D eigenvalue weighted by Gasteiger charge is 2.21. The van der Waals surface area contributed by atoms with Gasteiger partial charge in [0.05, 0.1) is 7.11 Å². The van der Waals surface area contributed by atoms with Gasteiger partial charge in [0.25, 0.3) is 5.91 Å². The van der Waals surface area contributed by atoms with Crippen molar-refractivity contribution in [2.24, 2.45) is 0 Å². The minimum Gasteiger partial charge on any atom is -0.380 e. The van der Waals surface area contributed by atoms with E-state index in [4.69, 9.17) is 9.36 Å². The summed E-state index contributed by atoms with van der Waals surface area (Å²) in [5.74, 6) is -0.239. The van der Waals surface area contributed by atoms with Crippen LogP contribution >= 0.6 is 0 Å². The fourth-order valence-corrected chi connectivity index (χ4v) is 1.56. The summed E-state index contributed by atoms with van der Waals surface area (Å²) in [5.41, 5.74) is 0.743. The van der Waals surface area contributed by atoms with Crippen molar-refractivity contribution < 1.29 is 19.3 Å². The van der Waals surface area contributed by atoms with E-state index in [1.165, 1.54) is 20.2 Å². The molecule has 0 saturated carbocycles. The van der Waals surface area contributed by atoms with Crippen LogP contribution in [0.2, 0.25) is 0 Å². The zero-order valence-electron chi connectivity index (χ0n) is 10.6. The van der Waals surface area contributed by atoms with Gasteiger partial charge in [-0.3, -0.25) is 9.63 Å². The Morgan fingerprint density at radius 3 is 2.74 bits per heavy atom. The predicted octanol–water partition coefficient (Wildman–Crippen LogP) is 1.39. The number of carbonyl (C=O) groups excluding carboxylic acids is 1. The Hall–Kier alpha value is -2.18. The molecular weight excluding hydrogens is 248 g/mol. The highest BCUT2D eigenvalue weighted by atomic mass is 16.7. The van der Waals surface area contributed by atoms with Gasteiger partial charge in [-0.25, -0.2) is 5.06 Å². The van der Waals surface area contributed by atoms with Gasteiger partial charge in [-0.1, -0.05) is 35.5 Å². The Morgan fingerprint density at radius 1 is 1.42 bits per heavy atom. The van der Waals surface area contributed by atoms with Crippen LogP contribution in [0.4, 0.5) is 0 Å². The molecule has 0 aliphatic heterocycles. The minimum atomic E-state index is -0.955. The second-order valence-corrected chi connectivity index (χ2v) is 3.91. The van der Waals surface area contributed by atoms with Crippen LogP contribution in [-0.4, -0.2) is 35.4 Å². The van der Waals surface area contributed by atoms with E-state index in [0.717, 1.165) is 5.06 Å². The lowest BCUT2D eigenvalue weighted by Crippen LogP contribution is -2.25. The van der Waals surface area contributed by atoms with Gasteiger partial charge in [0, 0.05) is 13.1 Å². The van der Waals surface area contributed by atoms with Crippen LogP contribution in [0.5, 0.6) is 0 Å². The van der Waals surface area contributed by atoms with Gasteiger partial charge in [0.15, 0.2) is 11.5 Å². The molecule has 2 aromatic rings. The average Bonchev–Trinajstić information content (AvgIpc) is 2.95. The Bertz CT molecular complexity index is 553. The highest BCUT2D eigenvalue weighted by Crippen LogP contribution is 2.22. The van der Waals surface area contributed by atoms with E-state index >= 15 is 0 Å². The lowest BCUT2D eigenvalue weighted by atomic mass is 10.1. The third-order valence-corrected chi connectivity index (χ3v) is 2.69. The van der Waals surface area contributed by atoms with Crippen molar-refractivity contribution in [3.05, 3.63) is 53.4 Å². The van der Waals surface area contributed by atoms with Crippen molar-refractivity contribution in [1.82, 2.24) is 10.2 Å². The van der Waals surface area contributed by atoms with E-state index in [-0.39, 0.29) is 11.5 Å². The standard InChI is InChI=1S/C13H14N2O4/c1-15(18-2)13(17)10-8-11(19-14-10)12(16)9-6-4-3-5-7-9/h3-8,12,16H,1-2H3. The second kappa shape index (κ2) is 5.64. The number of rotatable bonds is 4. The summed E-state index contributed by atoms with van der Waals surface area (Å²) in [6, 6.07) is 10.4. The van der Waals surface area contributed by atoms with Crippen molar-refractivity contribution in [2.75, 3.05) is 14.2 Å². The Kier molecular flexibility index (Phi) is 3.94. The number of aliphatic hydroxyl groups is 1. The number of aliphatic hydroxyl groups excluding tert-OH is 1. The third-order valence-electron chi connectivity index (χ3n) is 2.69. The Morgan fingerprint density at radius 2 is 2.11 bits per heavy atom. The fraction of sp³-hybridized carbons (Fsp3) is 0.231. The molecule has 2 rings (SSSR count). The third kappa shape index (κ3) is 2.81. The normalized spacial score (nSPS) is 12.2. The Labute approximate surface area is 110 Å². The monoisotopic (exact) mass is 262 g/mol. The van der Waals surface area contributed by atoms with E-state index < -0.39 is 12.0 Å². The molecule has 1 amide bonds. The minimum absolute atomic E-state index is 0.0781. The summed E-state index contributed by atoms with van der Waals surface area (Å²) in [6.45, 7) is 0. The van der Waals surface area contributed by atoms with Gasteiger partial charge in [0.1, 0.15) is 6.10 Å². The molecule has 1 unspecified atom stereocenters. The van der Waals surface area contributed by atoms with Gasteiger partial charge >= 0.3 is 0 Å². The summed E-state index contributed by atoms with van der Waals surface area (Å²) in [4.78, 5) is 16.5. The molecule has 0 saturated heterocycles. The summed E-state index contributed by atoms with van der Waals surface area (Å²) in [7, 11) is 2.84. The molecule has 0 aliphatic carbocycles. The number of carbonyl (C=O) groups is 1. The highest BCUT2D eigenvalue weighted by molar-refractivity contribution is 5.91. The largest absolute Gasteiger partial charge is 0.380 e. The van der Waals surface area contributed by atoms with Gasteiger partial charge < -0.3 is 9.63 Å². The van der Waals surface area contributed by atoms with Gasteiger partial charge in [-0.05, 0) is 5.56 Å². The molecule has 0 radical (unpaired) electrons. The van der Waals surface area contributed by atoms with Crippen LogP contribution in [0.1, 0.15) is 27.9 Å². The predicted molar refractivity (Wildman–Crippen MR) is 66.1 cm³/mol. The second-order valence-electron chi connectivity index (χ2n) is 3.91. The first-order valence-electron chi connectivity index (χ1n) is 5.65. The number of hydrogen-bond donors (Lipinski definition) is 1. The van der Waals surface area contributed by atoms with Crippen molar-refractivity contribution >= 4 is 5.91 Å². The van der Waals surface area contributed by atoms with Crippen LogP contribution in [0, 0.1) is 0 Å². The van der Waals surface area contributed by atoms with Crippen molar-refractivity contribution in [1.29, 1.82) is 0 Å². The zero-order chi connectivity index (χ0) is 13.8. The van der Waals surface area contributed by atoms with Crippen LogP contribution in [0.3, 0.4) is 0 Å². The summed E-state index contributed by atoms with van der Waals surface area (Å²) in [6.07, 6.45) is -0.955. The van der Waals surface area contributed by atoms with Crippen LogP contribution in [-0.2, 0) is 4.84 Å². The van der Waals surface area contributed by atoms with Gasteiger partial charge in [-0.2, -0.15) is 0 Å². The van der Waals surface area contributed by atoms with Crippen molar-refractivity contribution in [3.63, 3.8) is 0 Å². The summed E-state index contributed by atoms with van der Waals surface area (Å²) < 4.78 is 4.99. The maximum atomic E-state index is 11.7. The first-order chi connectivity index (χ1) is 9.13. The van der Waals surface area contributed by atoms with Crippen LogP contribution in [0.15, 0.2) is 40.9 Å². The number of aromatic nitrogens is 1. The topological polar surface area (TPSA) is 75.8 Å². The molecule has 1 aromatic heterocycles. The number of hydrogen-bond acceptors (Lipinski definition) is 5. The molecule has 0 fully saturated rings. The molecule has 0 spiro atoms. The van der Waals surface area contributed by atoms with Crippen LogP contribution in [0.25, 0.3) is 0 Å². The number of amides is 1. The number of nitrogens with zero attached hydrogens (tertiary/aromatic N) is 2. The zero-order valence-corrected chi connectivity index (χ0v) is 10.6. The number of benzene rings is 1. The molecule has 1 aromatic carbocycles. The molecule has 0 aliphatic rings. The van der Waals surface area contributed by atoms with E-state index in [1.807, 2.05) is 6.07 Å². The molecule has 1 N–H and O–H groups in total. The van der Waals surface area contributed by atoms with E-state index in [9.17, 15) is 9.90 Å². The lowest BCUT2D eigenvalue weighted by molar-refractivity contribution is -0.0762. The first-order valence-corrected chi connectivity index (χ1v) is 5.65. The van der Waals surface area contributed by atoms with E-state index in [1.54, 1.807) is 24.3 Å². The fourth-order valence-electron chi connectivity index (χ4n) is 1.56. The van der Waals surface area contributed by atoms with E-state index in [2.05, 4.69) is 5.16 Å². The van der Waals surface area contributed by atoms with Gasteiger partial charge in [0.2, 0.25) is 0 Å². The van der Waals surface area contributed by atoms with Crippen molar-refractivity contribution in [3.8, 4) is 0 Å². The molecule has 19 heavy (non-hydrogen) atoms. The molecular formula is C13H14N2O4. The lowest BCUT2D eigenvalue weighted by Gasteiger charge is -2.10. The van der Waals surface area contributed by atoms with Gasteiger partial charge in [-0.15, -0.1) is 0 Å². The maximum Gasteiger partial charge on any atom is 0.299 e. The average molecular weight is 262 g/mol. The van der Waals surface area contributed by atoms with Crippen LogP contribution < -0.4 is 0 Å². The molecule has 100 valence electrons. The SMILES string of the molecule is CON(C)C(=O)c1cc(C(O)c2ccccc2)on1. The Balaban J connectivity index is 2.20. The molecule has 1 heterocycles. The smallest absolute Gasteiger partial charge is 0.299 e. The first kappa shape index (κ1) is 13.3. The molecule has 0 bridgehead atoms. The summed E-state index contributed by atoms with van der Waals surface area (Å²) >= 11 is 0. The quantitative estimate of drug-likeness (QED) is 0.843. The van der Waals surface area contributed by atoms with E-state index in [0.29, 0.717) is 5.56 Å². The van der Waals surface area contributed by atoms with Crippen molar-refractivity contribution in [2.45, 2.75) is 6.10 Å². The number of hydroxylamine groups is 2. The maximum absolute atomic E-state index is 11.7. The molecule has 6 nitrogen and oxygen atoms in total. The molecule has 6 heteroatoms. The summed E-state index contributed by atoms with van der Waals surface area (Å²) in [5, 5.41) is 14.7. The molecule has 1 atom stereocenters.